The summed E-state index contributed by atoms with van der Waals surface area (Å²) in [5, 5.41) is 9.12. The van der Waals surface area contributed by atoms with Crippen molar-refractivity contribution in [2.75, 3.05) is 6.61 Å². The Balaban J connectivity index is 1.66. The second kappa shape index (κ2) is 6.68. The molecule has 0 aromatic carbocycles. The Kier molecular flexibility index (Phi) is 4.67. The van der Waals surface area contributed by atoms with E-state index in [4.69, 9.17) is 4.74 Å². The first-order valence-corrected chi connectivity index (χ1v) is 8.36. The Hall–Kier alpha value is -1.24. The van der Waals surface area contributed by atoms with Crippen LogP contribution in [0.2, 0.25) is 0 Å². The number of nitrogens with one attached hydrogen (secondary N) is 1. The van der Waals surface area contributed by atoms with Crippen LogP contribution in [0, 0.1) is 6.92 Å². The third-order valence-electron chi connectivity index (χ3n) is 3.84. The van der Waals surface area contributed by atoms with Gasteiger partial charge in [-0.2, -0.15) is 5.10 Å². The molecule has 3 rings (SSSR count). The van der Waals surface area contributed by atoms with Crippen LogP contribution in [0.4, 0.5) is 0 Å². The molecule has 6 heteroatoms. The average molecular weight is 306 g/mol. The van der Waals surface area contributed by atoms with Crippen molar-refractivity contribution in [1.82, 2.24) is 20.1 Å². The molecule has 0 bridgehead atoms. The lowest BCUT2D eigenvalue weighted by molar-refractivity contribution is -0.0111. The molecule has 0 radical (unpaired) electrons. The number of aryl methyl sites for hydroxylation is 2. The summed E-state index contributed by atoms with van der Waals surface area (Å²) in [6, 6.07) is 0.343. The molecule has 2 aromatic rings. The number of aromatic nitrogens is 3. The van der Waals surface area contributed by atoms with Crippen molar-refractivity contribution in [3.8, 4) is 0 Å². The number of nitrogens with zero attached hydrogens (tertiary/aromatic N) is 3. The molecule has 3 heterocycles. The lowest BCUT2D eigenvalue weighted by Crippen LogP contribution is -2.38. The van der Waals surface area contributed by atoms with E-state index < -0.39 is 0 Å². The minimum atomic E-state index is 0.105. The van der Waals surface area contributed by atoms with Gasteiger partial charge in [-0.15, -0.1) is 11.3 Å². The van der Waals surface area contributed by atoms with Crippen molar-refractivity contribution >= 4 is 11.3 Å². The van der Waals surface area contributed by atoms with Crippen molar-refractivity contribution in [1.29, 1.82) is 0 Å². The highest BCUT2D eigenvalue weighted by atomic mass is 32.1. The predicted molar refractivity (Wildman–Crippen MR) is 83.3 cm³/mol. The normalized spacial score (nSPS) is 22.6. The molecule has 2 aromatic heterocycles. The van der Waals surface area contributed by atoms with E-state index >= 15 is 0 Å². The highest BCUT2D eigenvalue weighted by Gasteiger charge is 2.28. The molecule has 114 valence electrons. The topological polar surface area (TPSA) is 52.0 Å². The van der Waals surface area contributed by atoms with Crippen LogP contribution < -0.4 is 5.32 Å². The zero-order valence-electron chi connectivity index (χ0n) is 12.6. The molecule has 0 amide bonds. The fraction of sp³-hybridized carbons (Fsp3) is 0.600. The maximum Gasteiger partial charge on any atom is 0.101 e. The Morgan fingerprint density at radius 1 is 1.48 bits per heavy atom. The van der Waals surface area contributed by atoms with E-state index in [2.05, 4.69) is 28.5 Å². The Morgan fingerprint density at radius 2 is 2.38 bits per heavy atom. The van der Waals surface area contributed by atoms with Crippen LogP contribution in [-0.2, 0) is 17.8 Å². The summed E-state index contributed by atoms with van der Waals surface area (Å²) in [4.78, 5) is 5.58. The third-order valence-corrected chi connectivity index (χ3v) is 4.75. The van der Waals surface area contributed by atoms with Gasteiger partial charge in [0.15, 0.2) is 0 Å². The molecule has 1 aliphatic heterocycles. The van der Waals surface area contributed by atoms with Crippen molar-refractivity contribution in [3.63, 3.8) is 0 Å². The number of rotatable bonds is 5. The molecule has 2 atom stereocenters. The first-order valence-electron chi connectivity index (χ1n) is 7.55. The Bertz CT molecular complexity index is 580. The van der Waals surface area contributed by atoms with E-state index in [-0.39, 0.29) is 6.10 Å². The first kappa shape index (κ1) is 14.7. The molecule has 0 saturated carbocycles. The van der Waals surface area contributed by atoms with Crippen LogP contribution >= 0.6 is 11.3 Å². The van der Waals surface area contributed by atoms with Crippen LogP contribution in [0.1, 0.15) is 41.3 Å². The van der Waals surface area contributed by atoms with Gasteiger partial charge in [-0.25, -0.2) is 4.98 Å². The van der Waals surface area contributed by atoms with Gasteiger partial charge in [0, 0.05) is 48.6 Å². The monoisotopic (exact) mass is 306 g/mol. The number of thiazole rings is 1. The van der Waals surface area contributed by atoms with Gasteiger partial charge in [0.05, 0.1) is 11.2 Å². The Morgan fingerprint density at radius 3 is 3.10 bits per heavy atom. The Labute approximate surface area is 129 Å². The van der Waals surface area contributed by atoms with E-state index in [1.807, 2.05) is 24.0 Å². The fourth-order valence-corrected chi connectivity index (χ4v) is 3.48. The third kappa shape index (κ3) is 3.51. The smallest absolute Gasteiger partial charge is 0.101 e. The molecule has 0 unspecified atom stereocenters. The lowest BCUT2D eigenvalue weighted by Gasteiger charge is -2.31. The molecule has 0 spiro atoms. The van der Waals surface area contributed by atoms with Crippen molar-refractivity contribution in [2.24, 2.45) is 0 Å². The summed E-state index contributed by atoms with van der Waals surface area (Å²) < 4.78 is 7.96. The molecule has 1 N–H and O–H groups in total. The molecule has 0 aliphatic carbocycles. The van der Waals surface area contributed by atoms with Gasteiger partial charge in [-0.1, -0.05) is 0 Å². The maximum atomic E-state index is 6.00. The van der Waals surface area contributed by atoms with Crippen LogP contribution in [0.3, 0.4) is 0 Å². The molecular weight excluding hydrogens is 284 g/mol. The zero-order chi connectivity index (χ0) is 14.7. The lowest BCUT2D eigenvalue weighted by atomic mass is 9.98. The van der Waals surface area contributed by atoms with Gasteiger partial charge in [0.25, 0.3) is 0 Å². The SMILES string of the molecule is CCn1cc([C@H]2OCCC[C@@H]2NCc2cnc(C)s2)cn1. The molecule has 21 heavy (non-hydrogen) atoms. The minimum Gasteiger partial charge on any atom is -0.372 e. The van der Waals surface area contributed by atoms with Crippen LogP contribution in [0.25, 0.3) is 0 Å². The van der Waals surface area contributed by atoms with Gasteiger partial charge in [-0.05, 0) is 26.7 Å². The molecular formula is C15H22N4OS. The number of ether oxygens (including phenoxy) is 1. The minimum absolute atomic E-state index is 0.105. The summed E-state index contributed by atoms with van der Waals surface area (Å²) in [5.41, 5.74) is 1.18. The van der Waals surface area contributed by atoms with Crippen molar-refractivity contribution < 1.29 is 4.74 Å². The first-order chi connectivity index (χ1) is 10.3. The van der Waals surface area contributed by atoms with Crippen LogP contribution in [-0.4, -0.2) is 27.4 Å². The van der Waals surface area contributed by atoms with Gasteiger partial charge >= 0.3 is 0 Å². The average Bonchev–Trinajstić information content (AvgIpc) is 3.14. The van der Waals surface area contributed by atoms with Gasteiger partial charge in [-0.3, -0.25) is 4.68 Å². The van der Waals surface area contributed by atoms with Crippen molar-refractivity contribution in [2.45, 2.75) is 51.9 Å². The summed E-state index contributed by atoms with van der Waals surface area (Å²) in [5.74, 6) is 0. The summed E-state index contributed by atoms with van der Waals surface area (Å²) >= 11 is 1.75. The summed E-state index contributed by atoms with van der Waals surface area (Å²) in [6.07, 6.45) is 8.35. The molecule has 1 saturated heterocycles. The van der Waals surface area contributed by atoms with Gasteiger partial charge in [0.2, 0.25) is 0 Å². The second-order valence-corrected chi connectivity index (χ2v) is 6.72. The fourth-order valence-electron chi connectivity index (χ4n) is 2.74. The second-order valence-electron chi connectivity index (χ2n) is 5.40. The zero-order valence-corrected chi connectivity index (χ0v) is 13.4. The molecule has 1 aliphatic rings. The van der Waals surface area contributed by atoms with Gasteiger partial charge < -0.3 is 10.1 Å². The largest absolute Gasteiger partial charge is 0.372 e. The van der Waals surface area contributed by atoms with Crippen LogP contribution in [0.5, 0.6) is 0 Å². The van der Waals surface area contributed by atoms with Gasteiger partial charge in [0.1, 0.15) is 6.10 Å². The van der Waals surface area contributed by atoms with E-state index in [1.54, 1.807) is 11.3 Å². The predicted octanol–water partition coefficient (Wildman–Crippen LogP) is 2.68. The van der Waals surface area contributed by atoms with Crippen LogP contribution in [0.15, 0.2) is 18.6 Å². The maximum absolute atomic E-state index is 6.00. The van der Waals surface area contributed by atoms with E-state index in [9.17, 15) is 0 Å². The van der Waals surface area contributed by atoms with Crippen molar-refractivity contribution in [3.05, 3.63) is 34.0 Å². The number of hydrogen-bond donors (Lipinski definition) is 1. The van der Waals surface area contributed by atoms with E-state index in [0.29, 0.717) is 6.04 Å². The summed E-state index contributed by atoms with van der Waals surface area (Å²) in [7, 11) is 0. The summed E-state index contributed by atoms with van der Waals surface area (Å²) in [6.45, 7) is 6.73. The molecule has 5 nitrogen and oxygen atoms in total. The highest BCUT2D eigenvalue weighted by Crippen LogP contribution is 2.28. The number of hydrogen-bond acceptors (Lipinski definition) is 5. The standard InChI is InChI=1S/C15H22N4OS/c1-3-19-10-12(7-18-19)15-14(5-4-6-20-15)17-9-13-8-16-11(2)21-13/h7-8,10,14-15,17H,3-6,9H2,1-2H3/t14-,15+/m0/s1. The molecule has 1 fully saturated rings. The highest BCUT2D eigenvalue weighted by molar-refractivity contribution is 7.11. The van der Waals surface area contributed by atoms with E-state index in [1.165, 1.54) is 10.4 Å². The van der Waals surface area contributed by atoms with E-state index in [0.717, 1.165) is 37.5 Å². The quantitative estimate of drug-likeness (QED) is 0.923.